The summed E-state index contributed by atoms with van der Waals surface area (Å²) in [6.07, 6.45) is 0. The van der Waals surface area contributed by atoms with Gasteiger partial charge in [-0.3, -0.25) is 4.98 Å². The summed E-state index contributed by atoms with van der Waals surface area (Å²) in [7, 11) is 1.64. The Bertz CT molecular complexity index is 543. The van der Waals surface area contributed by atoms with Gasteiger partial charge in [0.05, 0.1) is 17.3 Å². The highest BCUT2D eigenvalue weighted by Gasteiger charge is 2.04. The largest absolute Gasteiger partial charge is 0.497 e. The highest BCUT2D eigenvalue weighted by molar-refractivity contribution is 9.10. The second-order valence-corrected chi connectivity index (χ2v) is 4.71. The van der Waals surface area contributed by atoms with Crippen molar-refractivity contribution >= 4 is 15.9 Å². The quantitative estimate of drug-likeness (QED) is 0.862. The van der Waals surface area contributed by atoms with Gasteiger partial charge in [0.1, 0.15) is 18.1 Å². The molecule has 0 unspecified atom stereocenters. The molecule has 18 heavy (non-hydrogen) atoms. The van der Waals surface area contributed by atoms with Crippen LogP contribution in [0, 0.1) is 6.92 Å². The molecule has 3 nitrogen and oxygen atoms in total. The zero-order valence-electron chi connectivity index (χ0n) is 10.3. The Kier molecular flexibility index (Phi) is 4.20. The van der Waals surface area contributed by atoms with Crippen LogP contribution in [0.25, 0.3) is 0 Å². The molecule has 1 aromatic carbocycles. The molecule has 0 aliphatic heterocycles. The van der Waals surface area contributed by atoms with Gasteiger partial charge < -0.3 is 9.47 Å². The number of methoxy groups -OCH3 is 1. The molecule has 2 aromatic rings. The number of rotatable bonds is 4. The SMILES string of the molecule is COc1ccc(OCc2cccc(C)n2)c(Br)c1. The Morgan fingerprint density at radius 3 is 2.72 bits per heavy atom. The lowest BCUT2D eigenvalue weighted by atomic mass is 10.3. The van der Waals surface area contributed by atoms with E-state index in [2.05, 4.69) is 20.9 Å². The summed E-state index contributed by atoms with van der Waals surface area (Å²) in [5.41, 5.74) is 1.91. The predicted molar refractivity (Wildman–Crippen MR) is 74.0 cm³/mol. The zero-order valence-corrected chi connectivity index (χ0v) is 11.9. The number of nitrogens with zero attached hydrogens (tertiary/aromatic N) is 1. The fourth-order valence-corrected chi connectivity index (χ4v) is 2.03. The zero-order chi connectivity index (χ0) is 13.0. The molecule has 1 aromatic heterocycles. The van der Waals surface area contributed by atoms with Crippen LogP contribution in [0.3, 0.4) is 0 Å². The first-order valence-electron chi connectivity index (χ1n) is 5.58. The maximum Gasteiger partial charge on any atom is 0.134 e. The summed E-state index contributed by atoms with van der Waals surface area (Å²) in [6, 6.07) is 11.5. The molecule has 0 atom stereocenters. The number of hydrogen-bond acceptors (Lipinski definition) is 3. The van der Waals surface area contributed by atoms with E-state index in [0.717, 1.165) is 27.4 Å². The lowest BCUT2D eigenvalue weighted by Gasteiger charge is -2.09. The van der Waals surface area contributed by atoms with Gasteiger partial charge in [-0.1, -0.05) is 6.07 Å². The van der Waals surface area contributed by atoms with Crippen LogP contribution in [-0.2, 0) is 6.61 Å². The van der Waals surface area contributed by atoms with E-state index >= 15 is 0 Å². The number of halogens is 1. The molecule has 0 saturated carbocycles. The number of pyridine rings is 1. The Balaban J connectivity index is 2.06. The van der Waals surface area contributed by atoms with Gasteiger partial charge in [0.2, 0.25) is 0 Å². The van der Waals surface area contributed by atoms with Crippen LogP contribution in [0.1, 0.15) is 11.4 Å². The molecule has 2 rings (SSSR count). The smallest absolute Gasteiger partial charge is 0.134 e. The minimum atomic E-state index is 0.451. The van der Waals surface area contributed by atoms with Crippen molar-refractivity contribution in [2.24, 2.45) is 0 Å². The number of aryl methyl sites for hydroxylation is 1. The van der Waals surface area contributed by atoms with Crippen LogP contribution >= 0.6 is 15.9 Å². The van der Waals surface area contributed by atoms with E-state index in [-0.39, 0.29) is 0 Å². The van der Waals surface area contributed by atoms with Crippen LogP contribution in [0.5, 0.6) is 11.5 Å². The van der Waals surface area contributed by atoms with Crippen LogP contribution in [0.2, 0.25) is 0 Å². The summed E-state index contributed by atoms with van der Waals surface area (Å²) < 4.78 is 11.7. The third-order valence-electron chi connectivity index (χ3n) is 2.46. The average molecular weight is 308 g/mol. The first-order valence-corrected chi connectivity index (χ1v) is 6.37. The van der Waals surface area contributed by atoms with Gasteiger partial charge in [0.15, 0.2) is 0 Å². The molecule has 0 radical (unpaired) electrons. The summed E-state index contributed by atoms with van der Waals surface area (Å²) in [5, 5.41) is 0. The van der Waals surface area contributed by atoms with Crippen molar-refractivity contribution in [3.8, 4) is 11.5 Å². The molecular weight excluding hydrogens is 294 g/mol. The molecule has 0 spiro atoms. The Hall–Kier alpha value is -1.55. The monoisotopic (exact) mass is 307 g/mol. The van der Waals surface area contributed by atoms with Crippen molar-refractivity contribution in [2.75, 3.05) is 7.11 Å². The standard InChI is InChI=1S/C14H14BrNO2/c1-10-4-3-5-11(16-10)9-18-14-7-6-12(17-2)8-13(14)15/h3-8H,9H2,1-2H3. The minimum Gasteiger partial charge on any atom is -0.497 e. The van der Waals surface area contributed by atoms with Gasteiger partial charge in [-0.2, -0.15) is 0 Å². The highest BCUT2D eigenvalue weighted by Crippen LogP contribution is 2.29. The van der Waals surface area contributed by atoms with Crippen molar-refractivity contribution in [1.29, 1.82) is 0 Å². The Labute approximate surface area is 115 Å². The number of hydrogen-bond donors (Lipinski definition) is 0. The first-order chi connectivity index (χ1) is 8.69. The summed E-state index contributed by atoms with van der Waals surface area (Å²) in [4.78, 5) is 4.39. The van der Waals surface area contributed by atoms with E-state index in [0.29, 0.717) is 6.61 Å². The molecule has 0 aliphatic carbocycles. The summed E-state index contributed by atoms with van der Waals surface area (Å²) >= 11 is 3.45. The molecule has 1 heterocycles. The Morgan fingerprint density at radius 2 is 2.06 bits per heavy atom. The molecule has 4 heteroatoms. The molecule has 0 saturated heterocycles. The molecule has 94 valence electrons. The molecule has 0 aliphatic rings. The van der Waals surface area contributed by atoms with Gasteiger partial charge >= 0.3 is 0 Å². The van der Waals surface area contributed by atoms with Crippen molar-refractivity contribution in [2.45, 2.75) is 13.5 Å². The van der Waals surface area contributed by atoms with E-state index in [1.54, 1.807) is 7.11 Å². The fourth-order valence-electron chi connectivity index (χ4n) is 1.56. The molecule has 0 bridgehead atoms. The van der Waals surface area contributed by atoms with Crippen molar-refractivity contribution in [3.63, 3.8) is 0 Å². The van der Waals surface area contributed by atoms with E-state index in [4.69, 9.17) is 9.47 Å². The number of benzene rings is 1. The first kappa shape index (κ1) is 12.9. The second kappa shape index (κ2) is 5.87. The Morgan fingerprint density at radius 1 is 1.22 bits per heavy atom. The van der Waals surface area contributed by atoms with Crippen LogP contribution in [-0.4, -0.2) is 12.1 Å². The van der Waals surface area contributed by atoms with Crippen molar-refractivity contribution < 1.29 is 9.47 Å². The summed E-state index contributed by atoms with van der Waals surface area (Å²) in [5.74, 6) is 1.57. The maximum absolute atomic E-state index is 5.71. The van der Waals surface area contributed by atoms with Gasteiger partial charge in [0.25, 0.3) is 0 Å². The van der Waals surface area contributed by atoms with Gasteiger partial charge in [-0.25, -0.2) is 0 Å². The average Bonchev–Trinajstić information content (AvgIpc) is 2.37. The van der Waals surface area contributed by atoms with Gasteiger partial charge in [0, 0.05) is 5.69 Å². The molecule has 0 fully saturated rings. The lowest BCUT2D eigenvalue weighted by Crippen LogP contribution is -1.99. The molecular formula is C14H14BrNO2. The topological polar surface area (TPSA) is 31.4 Å². The third-order valence-corrected chi connectivity index (χ3v) is 3.08. The number of aromatic nitrogens is 1. The third kappa shape index (κ3) is 3.23. The van der Waals surface area contributed by atoms with E-state index in [1.165, 1.54) is 0 Å². The van der Waals surface area contributed by atoms with E-state index in [9.17, 15) is 0 Å². The fraction of sp³-hybridized carbons (Fsp3) is 0.214. The molecule has 0 N–H and O–H groups in total. The highest BCUT2D eigenvalue weighted by atomic mass is 79.9. The lowest BCUT2D eigenvalue weighted by molar-refractivity contribution is 0.298. The van der Waals surface area contributed by atoms with Gasteiger partial charge in [-0.05, 0) is 53.2 Å². The van der Waals surface area contributed by atoms with E-state index in [1.807, 2.05) is 43.3 Å². The van der Waals surface area contributed by atoms with Crippen molar-refractivity contribution in [1.82, 2.24) is 4.98 Å². The second-order valence-electron chi connectivity index (χ2n) is 3.86. The van der Waals surface area contributed by atoms with E-state index < -0.39 is 0 Å². The van der Waals surface area contributed by atoms with Crippen molar-refractivity contribution in [3.05, 3.63) is 52.3 Å². The minimum absolute atomic E-state index is 0.451. The normalized spacial score (nSPS) is 10.2. The number of ether oxygens (including phenoxy) is 2. The van der Waals surface area contributed by atoms with Crippen LogP contribution in [0.4, 0.5) is 0 Å². The van der Waals surface area contributed by atoms with Gasteiger partial charge in [-0.15, -0.1) is 0 Å². The van der Waals surface area contributed by atoms with Crippen LogP contribution in [0.15, 0.2) is 40.9 Å². The molecule has 0 amide bonds. The maximum atomic E-state index is 5.71. The predicted octanol–water partition coefficient (Wildman–Crippen LogP) is 3.74. The van der Waals surface area contributed by atoms with Crippen LogP contribution < -0.4 is 9.47 Å². The summed E-state index contributed by atoms with van der Waals surface area (Å²) in [6.45, 7) is 2.42.